The number of hydrogen-bond acceptors (Lipinski definition) is 6. The zero-order chi connectivity index (χ0) is 22.1. The van der Waals surface area contributed by atoms with Gasteiger partial charge in [0.05, 0.1) is 23.7 Å². The van der Waals surface area contributed by atoms with Crippen LogP contribution in [0.2, 0.25) is 0 Å². The molecule has 2 aromatic rings. The Morgan fingerprint density at radius 1 is 1.32 bits per heavy atom. The summed E-state index contributed by atoms with van der Waals surface area (Å²) >= 11 is 0. The van der Waals surface area contributed by atoms with E-state index in [0.717, 1.165) is 36.0 Å². The minimum absolute atomic E-state index is 0.0623. The van der Waals surface area contributed by atoms with Crippen LogP contribution in [0.5, 0.6) is 5.88 Å². The number of hydrogen-bond donors (Lipinski definition) is 2. The highest BCUT2D eigenvalue weighted by atomic mass is 32.2. The summed E-state index contributed by atoms with van der Waals surface area (Å²) < 4.78 is 48.3. The number of fused-ring (bicyclic) bond motifs is 3. The molecule has 10 nitrogen and oxygen atoms in total. The number of urea groups is 1. The van der Waals surface area contributed by atoms with E-state index in [1.165, 1.54) is 17.1 Å². The Labute approximate surface area is 180 Å². The van der Waals surface area contributed by atoms with Gasteiger partial charge in [-0.25, -0.2) is 27.2 Å². The van der Waals surface area contributed by atoms with Crippen LogP contribution >= 0.6 is 0 Å². The SMILES string of the molecule is C[C@@H]1Cn2ncc(S(N)(=O)=NC(=O)Nc3c4c(cc5c3[C@H](S(C)(=O)=O)C5)CCC4)c2O1. The Balaban J connectivity index is 1.52. The van der Waals surface area contributed by atoms with E-state index in [2.05, 4.69) is 14.8 Å². The molecule has 2 heterocycles. The number of nitrogens with one attached hydrogen (secondary N) is 1. The third-order valence-corrected chi connectivity index (χ3v) is 8.82. The molecule has 3 N–H and O–H groups in total. The van der Waals surface area contributed by atoms with E-state index in [9.17, 15) is 17.4 Å². The van der Waals surface area contributed by atoms with Gasteiger partial charge in [-0.05, 0) is 54.9 Å². The quantitative estimate of drug-likeness (QED) is 0.706. The number of carbonyl (C=O) groups excluding carboxylic acids is 1. The van der Waals surface area contributed by atoms with Crippen LogP contribution in [0.3, 0.4) is 0 Å². The fourth-order valence-corrected chi connectivity index (χ4v) is 6.79. The van der Waals surface area contributed by atoms with E-state index in [-0.39, 0.29) is 16.9 Å². The zero-order valence-corrected chi connectivity index (χ0v) is 18.8. The van der Waals surface area contributed by atoms with Crippen LogP contribution in [0, 0.1) is 0 Å². The lowest BCUT2D eigenvalue weighted by molar-refractivity contribution is 0.248. The molecule has 1 unspecified atom stereocenters. The maximum absolute atomic E-state index is 13.1. The van der Waals surface area contributed by atoms with E-state index in [1.54, 1.807) is 0 Å². The number of nitrogens with two attached hydrogens (primary N) is 1. The number of nitrogens with zero attached hydrogens (tertiary/aromatic N) is 3. The molecule has 3 atom stereocenters. The van der Waals surface area contributed by atoms with Crippen LogP contribution in [0.15, 0.2) is 21.5 Å². The first-order valence-electron chi connectivity index (χ1n) is 9.99. The molecule has 5 rings (SSSR count). The number of aromatic nitrogens is 2. The van der Waals surface area contributed by atoms with Crippen molar-refractivity contribution < 1.29 is 22.2 Å². The molecule has 2 amide bonds. The maximum atomic E-state index is 13.1. The van der Waals surface area contributed by atoms with Crippen molar-refractivity contribution in [2.75, 3.05) is 11.6 Å². The van der Waals surface area contributed by atoms with E-state index in [0.29, 0.717) is 24.2 Å². The topological polar surface area (TPSA) is 146 Å². The number of benzene rings is 1. The molecule has 166 valence electrons. The second kappa shape index (κ2) is 6.78. The third kappa shape index (κ3) is 3.33. The number of aryl methyl sites for hydroxylation is 1. The number of rotatable bonds is 3. The Hall–Kier alpha value is -2.44. The standard InChI is InChI=1S/C19H23N5O5S2/c1-10-9-24-18(29-10)15(8-21-24)31(20,28)23-19(25)22-17-13-5-3-4-11(13)6-12-7-14(16(12)17)30(2,26)27/h6,8,10,14H,3-5,7,9H2,1-2H3,(H3,20,22,23,25,28)/t10-,14-,31?/m1/s1. The molecule has 0 radical (unpaired) electrons. The van der Waals surface area contributed by atoms with Gasteiger partial charge < -0.3 is 10.1 Å². The van der Waals surface area contributed by atoms with Gasteiger partial charge in [0.25, 0.3) is 0 Å². The predicted molar refractivity (Wildman–Crippen MR) is 114 cm³/mol. The maximum Gasteiger partial charge on any atom is 0.354 e. The third-order valence-electron chi connectivity index (χ3n) is 6.04. The van der Waals surface area contributed by atoms with Crippen molar-refractivity contribution >= 4 is 31.5 Å². The van der Waals surface area contributed by atoms with Gasteiger partial charge in [-0.2, -0.15) is 5.10 Å². The van der Waals surface area contributed by atoms with Gasteiger partial charge in [0.15, 0.2) is 19.8 Å². The Morgan fingerprint density at radius 2 is 2.10 bits per heavy atom. The minimum atomic E-state index is -3.61. The van der Waals surface area contributed by atoms with Gasteiger partial charge in [-0.3, -0.25) is 0 Å². The molecule has 0 fully saturated rings. The van der Waals surface area contributed by atoms with Crippen molar-refractivity contribution in [1.82, 2.24) is 9.78 Å². The van der Waals surface area contributed by atoms with E-state index in [1.807, 2.05) is 13.0 Å². The second-order valence-electron chi connectivity index (χ2n) is 8.35. The summed E-state index contributed by atoms with van der Waals surface area (Å²) in [5.74, 6) is 0.249. The molecule has 1 aliphatic heterocycles. The van der Waals surface area contributed by atoms with Crippen LogP contribution in [-0.4, -0.2) is 40.8 Å². The summed E-state index contributed by atoms with van der Waals surface area (Å²) in [5, 5.41) is 12.1. The molecule has 1 aromatic heterocycles. The smallest absolute Gasteiger partial charge is 0.354 e. The van der Waals surface area contributed by atoms with Crippen molar-refractivity contribution in [3.05, 3.63) is 34.5 Å². The molecule has 3 aliphatic rings. The number of carbonyl (C=O) groups is 1. The lowest BCUT2D eigenvalue weighted by atomic mass is 9.83. The van der Waals surface area contributed by atoms with Crippen molar-refractivity contribution in [3.8, 4) is 5.88 Å². The molecule has 0 spiro atoms. The average molecular weight is 466 g/mol. The highest BCUT2D eigenvalue weighted by Gasteiger charge is 2.39. The summed E-state index contributed by atoms with van der Waals surface area (Å²) in [5.41, 5.74) is 4.02. The van der Waals surface area contributed by atoms with Crippen LogP contribution in [0.1, 0.15) is 40.8 Å². The van der Waals surface area contributed by atoms with Gasteiger partial charge in [0, 0.05) is 6.26 Å². The highest BCUT2D eigenvalue weighted by molar-refractivity contribution is 7.92. The Kier molecular flexibility index (Phi) is 4.47. The molecular weight excluding hydrogens is 442 g/mol. The van der Waals surface area contributed by atoms with Crippen molar-refractivity contribution in [2.45, 2.75) is 55.4 Å². The average Bonchev–Trinajstić information content (AvgIpc) is 3.30. The van der Waals surface area contributed by atoms with Gasteiger partial charge in [0.1, 0.15) is 11.0 Å². The second-order valence-corrected chi connectivity index (χ2v) is 12.3. The zero-order valence-electron chi connectivity index (χ0n) is 17.1. The number of ether oxygens (including phenoxy) is 1. The Bertz CT molecular complexity index is 1350. The molecule has 12 heteroatoms. The minimum Gasteiger partial charge on any atom is -0.472 e. The van der Waals surface area contributed by atoms with Crippen molar-refractivity contribution in [1.29, 1.82) is 0 Å². The number of sulfone groups is 1. The van der Waals surface area contributed by atoms with Crippen LogP contribution in [0.25, 0.3) is 0 Å². The first-order valence-corrected chi connectivity index (χ1v) is 13.5. The van der Waals surface area contributed by atoms with Crippen LogP contribution in [0.4, 0.5) is 10.5 Å². The molecule has 1 aromatic carbocycles. The fraction of sp³-hybridized carbons (Fsp3) is 0.474. The van der Waals surface area contributed by atoms with Gasteiger partial charge in [-0.1, -0.05) is 6.07 Å². The summed E-state index contributed by atoms with van der Waals surface area (Å²) in [6.07, 6.45) is 5.30. The Morgan fingerprint density at radius 3 is 2.84 bits per heavy atom. The summed E-state index contributed by atoms with van der Waals surface area (Å²) in [4.78, 5) is 12.8. The van der Waals surface area contributed by atoms with E-state index in [4.69, 9.17) is 9.88 Å². The normalized spacial score (nSPS) is 23.1. The molecule has 0 saturated heterocycles. The molecule has 2 aliphatic carbocycles. The monoisotopic (exact) mass is 465 g/mol. The summed E-state index contributed by atoms with van der Waals surface area (Å²) in [6, 6.07) is 1.15. The van der Waals surface area contributed by atoms with E-state index < -0.39 is 31.0 Å². The molecule has 0 bridgehead atoms. The van der Waals surface area contributed by atoms with Gasteiger partial charge in [-0.15, -0.1) is 4.36 Å². The molecule has 0 saturated carbocycles. The first kappa shape index (κ1) is 20.5. The van der Waals surface area contributed by atoms with Gasteiger partial charge in [0.2, 0.25) is 5.88 Å². The van der Waals surface area contributed by atoms with Crippen molar-refractivity contribution in [3.63, 3.8) is 0 Å². The first-order chi connectivity index (χ1) is 14.5. The largest absolute Gasteiger partial charge is 0.472 e. The van der Waals surface area contributed by atoms with Crippen LogP contribution in [-0.2, 0) is 45.6 Å². The fourth-order valence-electron chi connectivity index (χ4n) is 4.62. The lowest BCUT2D eigenvalue weighted by Gasteiger charge is -2.33. The lowest BCUT2D eigenvalue weighted by Crippen LogP contribution is -2.28. The molecular formula is C19H23N5O5S2. The number of amides is 2. The highest BCUT2D eigenvalue weighted by Crippen LogP contribution is 2.48. The molecule has 31 heavy (non-hydrogen) atoms. The van der Waals surface area contributed by atoms with Crippen molar-refractivity contribution in [2.24, 2.45) is 9.50 Å². The van der Waals surface area contributed by atoms with E-state index >= 15 is 0 Å². The summed E-state index contributed by atoms with van der Waals surface area (Å²) in [7, 11) is -6.94. The van der Waals surface area contributed by atoms with Gasteiger partial charge >= 0.3 is 6.03 Å². The van der Waals surface area contributed by atoms with Crippen LogP contribution < -0.4 is 15.2 Å². The summed E-state index contributed by atoms with van der Waals surface area (Å²) in [6.45, 7) is 2.33. The number of anilines is 1. The predicted octanol–water partition coefficient (Wildman–Crippen LogP) is 1.73.